The molecule has 3 rings (SSSR count). The molecule has 2 unspecified atom stereocenters. The van der Waals surface area contributed by atoms with Gasteiger partial charge < -0.3 is 19.5 Å². The second-order valence-electron chi connectivity index (χ2n) is 9.59. The summed E-state index contributed by atoms with van der Waals surface area (Å²) in [5.74, 6) is 1.35. The maximum Gasteiger partial charge on any atom is 0.161 e. The van der Waals surface area contributed by atoms with Gasteiger partial charge in [0, 0.05) is 0 Å². The van der Waals surface area contributed by atoms with E-state index in [0.717, 1.165) is 56.4 Å². The van der Waals surface area contributed by atoms with E-state index in [9.17, 15) is 14.8 Å². The van der Waals surface area contributed by atoms with Crippen molar-refractivity contribution in [3.05, 3.63) is 59.4 Å². The summed E-state index contributed by atoms with van der Waals surface area (Å²) >= 11 is 0. The summed E-state index contributed by atoms with van der Waals surface area (Å²) in [6.45, 7) is 6.95. The van der Waals surface area contributed by atoms with Gasteiger partial charge in [0.1, 0.15) is 5.82 Å². The number of hydrogen-bond donors (Lipinski definition) is 1. The number of hydrogen-bond acceptors (Lipinski definition) is 5. The van der Waals surface area contributed by atoms with E-state index in [4.69, 9.17) is 9.47 Å². The van der Waals surface area contributed by atoms with E-state index in [0.29, 0.717) is 11.5 Å². The molecule has 1 aliphatic heterocycles. The zero-order valence-corrected chi connectivity index (χ0v) is 20.8. The van der Waals surface area contributed by atoms with Gasteiger partial charge in [0.15, 0.2) is 11.5 Å². The Morgan fingerprint density at radius 1 is 1.09 bits per heavy atom. The minimum atomic E-state index is -0.601. The van der Waals surface area contributed by atoms with Crippen LogP contribution in [0.3, 0.4) is 0 Å². The third kappa shape index (κ3) is 5.71. The minimum Gasteiger partial charge on any atom is -0.493 e. The molecule has 0 amide bonds. The number of methoxy groups -OCH3 is 2. The Morgan fingerprint density at radius 2 is 1.74 bits per heavy atom. The molecule has 6 heteroatoms. The highest BCUT2D eigenvalue weighted by atomic mass is 19.1. The zero-order chi connectivity index (χ0) is 24.7. The predicted molar refractivity (Wildman–Crippen MR) is 131 cm³/mol. The van der Waals surface area contributed by atoms with E-state index in [2.05, 4.69) is 24.8 Å². The predicted octanol–water partition coefficient (Wildman–Crippen LogP) is 5.49. The van der Waals surface area contributed by atoms with Gasteiger partial charge in [-0.3, -0.25) is 0 Å². The molecule has 0 radical (unpaired) electrons. The van der Waals surface area contributed by atoms with Crippen molar-refractivity contribution in [1.29, 1.82) is 5.26 Å². The lowest BCUT2D eigenvalue weighted by Gasteiger charge is -2.36. The van der Waals surface area contributed by atoms with Crippen LogP contribution >= 0.6 is 0 Å². The summed E-state index contributed by atoms with van der Waals surface area (Å²) < 4.78 is 24.0. The fraction of sp³-hybridized carbons (Fsp3) is 0.536. The Bertz CT molecular complexity index is 965. The summed E-state index contributed by atoms with van der Waals surface area (Å²) in [5.41, 5.74) is 1.14. The van der Waals surface area contributed by atoms with Crippen LogP contribution in [0.4, 0.5) is 4.39 Å². The number of nitriles is 1. The maximum atomic E-state index is 13.2. The largest absolute Gasteiger partial charge is 0.493 e. The van der Waals surface area contributed by atoms with Crippen molar-refractivity contribution < 1.29 is 19.0 Å². The van der Waals surface area contributed by atoms with E-state index >= 15 is 0 Å². The molecular weight excluding hydrogens is 431 g/mol. The summed E-state index contributed by atoms with van der Waals surface area (Å²) in [6, 6.07) is 14.6. The number of piperidine rings is 1. The van der Waals surface area contributed by atoms with Crippen molar-refractivity contribution in [2.24, 2.45) is 11.8 Å². The summed E-state index contributed by atoms with van der Waals surface area (Å²) in [7, 11) is 3.22. The lowest BCUT2D eigenvalue weighted by molar-refractivity contribution is 0.0579. The first-order chi connectivity index (χ1) is 16.3. The number of ether oxygens (including phenoxy) is 2. The standard InChI is InChI=1S/C28H37FN2O3/c1-20(2)28(19-30,23-8-11-25(33-3)26(18-23)34-4)14-5-15-31-16-12-22(13-17-31)27(32)21-6-9-24(29)10-7-21/h6-11,18,20,22,27,32H,5,12-17H2,1-4H3. The average Bonchev–Trinajstić information content (AvgIpc) is 2.86. The third-order valence-electron chi connectivity index (χ3n) is 7.42. The van der Waals surface area contributed by atoms with Crippen molar-refractivity contribution in [2.75, 3.05) is 33.9 Å². The number of rotatable bonds is 10. The molecule has 1 heterocycles. The van der Waals surface area contributed by atoms with Gasteiger partial charge in [-0.15, -0.1) is 0 Å². The number of likely N-dealkylation sites (tertiary alicyclic amines) is 1. The molecule has 0 aromatic heterocycles. The van der Waals surface area contributed by atoms with Crippen LogP contribution in [0.25, 0.3) is 0 Å². The number of nitrogens with zero attached hydrogens (tertiary/aromatic N) is 2. The van der Waals surface area contributed by atoms with Gasteiger partial charge in [-0.05, 0) is 92.5 Å². The minimum absolute atomic E-state index is 0.146. The molecular formula is C28H37FN2O3. The molecule has 0 aliphatic carbocycles. The van der Waals surface area contributed by atoms with E-state index in [-0.39, 0.29) is 17.7 Å². The molecule has 184 valence electrons. The van der Waals surface area contributed by atoms with Crippen molar-refractivity contribution in [2.45, 2.75) is 51.0 Å². The topological polar surface area (TPSA) is 65.7 Å². The molecule has 0 saturated carbocycles. The lowest BCUT2D eigenvalue weighted by Crippen LogP contribution is -2.37. The summed E-state index contributed by atoms with van der Waals surface area (Å²) in [4.78, 5) is 2.42. The number of benzene rings is 2. The van der Waals surface area contributed by atoms with Crippen LogP contribution in [-0.4, -0.2) is 43.9 Å². The highest BCUT2D eigenvalue weighted by molar-refractivity contribution is 5.47. The number of halogens is 1. The molecule has 2 aromatic carbocycles. The normalized spacial score (nSPS) is 17.7. The lowest BCUT2D eigenvalue weighted by atomic mass is 9.69. The quantitative estimate of drug-likeness (QED) is 0.500. The third-order valence-corrected chi connectivity index (χ3v) is 7.42. The molecule has 5 nitrogen and oxygen atoms in total. The van der Waals surface area contributed by atoms with Crippen LogP contribution in [0.15, 0.2) is 42.5 Å². The van der Waals surface area contributed by atoms with Crippen LogP contribution in [0.2, 0.25) is 0 Å². The maximum absolute atomic E-state index is 13.2. The van der Waals surface area contributed by atoms with Crippen LogP contribution < -0.4 is 9.47 Å². The molecule has 0 spiro atoms. The second-order valence-corrected chi connectivity index (χ2v) is 9.59. The first-order valence-electron chi connectivity index (χ1n) is 12.1. The second kappa shape index (κ2) is 11.7. The summed E-state index contributed by atoms with van der Waals surface area (Å²) in [5, 5.41) is 21.0. The fourth-order valence-corrected chi connectivity index (χ4v) is 5.14. The van der Waals surface area contributed by atoms with Gasteiger partial charge in [-0.1, -0.05) is 32.0 Å². The van der Waals surface area contributed by atoms with Gasteiger partial charge in [-0.2, -0.15) is 5.26 Å². The Hall–Kier alpha value is -2.62. The highest BCUT2D eigenvalue weighted by Gasteiger charge is 2.36. The SMILES string of the molecule is COc1ccc(C(C#N)(CCCN2CCC(C(O)c3ccc(F)cc3)CC2)C(C)C)cc1OC. The first kappa shape index (κ1) is 26.0. The fourth-order valence-electron chi connectivity index (χ4n) is 5.14. The van der Waals surface area contributed by atoms with Crippen LogP contribution in [-0.2, 0) is 5.41 Å². The van der Waals surface area contributed by atoms with E-state index in [1.165, 1.54) is 12.1 Å². The summed E-state index contributed by atoms with van der Waals surface area (Å²) in [6.07, 6.45) is 2.92. The monoisotopic (exact) mass is 468 g/mol. The van der Waals surface area contributed by atoms with Crippen LogP contribution in [0, 0.1) is 29.0 Å². The Kier molecular flexibility index (Phi) is 8.93. The Labute approximate surface area is 203 Å². The molecule has 1 aliphatic rings. The van der Waals surface area contributed by atoms with Gasteiger partial charge in [0.25, 0.3) is 0 Å². The Morgan fingerprint density at radius 3 is 2.29 bits per heavy atom. The van der Waals surface area contributed by atoms with E-state index in [1.807, 2.05) is 18.2 Å². The zero-order valence-electron chi connectivity index (χ0n) is 20.8. The molecule has 34 heavy (non-hydrogen) atoms. The van der Waals surface area contributed by atoms with Gasteiger partial charge in [-0.25, -0.2) is 4.39 Å². The Balaban J connectivity index is 1.58. The van der Waals surface area contributed by atoms with Crippen molar-refractivity contribution in [3.8, 4) is 17.6 Å². The molecule has 1 saturated heterocycles. The van der Waals surface area contributed by atoms with Gasteiger partial charge >= 0.3 is 0 Å². The number of aliphatic hydroxyl groups excluding tert-OH is 1. The molecule has 1 N–H and O–H groups in total. The molecule has 2 aromatic rings. The molecule has 1 fully saturated rings. The van der Waals surface area contributed by atoms with Gasteiger partial charge in [0.05, 0.1) is 31.8 Å². The van der Waals surface area contributed by atoms with Crippen LogP contribution in [0.1, 0.15) is 56.8 Å². The van der Waals surface area contributed by atoms with Gasteiger partial charge in [0.2, 0.25) is 0 Å². The van der Waals surface area contributed by atoms with Crippen LogP contribution in [0.5, 0.6) is 11.5 Å². The molecule has 0 bridgehead atoms. The average molecular weight is 469 g/mol. The smallest absolute Gasteiger partial charge is 0.161 e. The molecule has 2 atom stereocenters. The number of aliphatic hydroxyl groups is 1. The van der Waals surface area contributed by atoms with Crippen molar-refractivity contribution in [1.82, 2.24) is 4.90 Å². The van der Waals surface area contributed by atoms with Crippen molar-refractivity contribution in [3.63, 3.8) is 0 Å². The van der Waals surface area contributed by atoms with E-state index < -0.39 is 11.5 Å². The van der Waals surface area contributed by atoms with E-state index in [1.54, 1.807) is 26.4 Å². The first-order valence-corrected chi connectivity index (χ1v) is 12.1. The highest BCUT2D eigenvalue weighted by Crippen LogP contribution is 2.40. The van der Waals surface area contributed by atoms with Crippen molar-refractivity contribution >= 4 is 0 Å².